The minimum atomic E-state index is 0.796. The molecule has 3 aromatic rings. The van der Waals surface area contributed by atoms with Crippen LogP contribution in [0.2, 0.25) is 0 Å². The van der Waals surface area contributed by atoms with E-state index in [2.05, 4.69) is 74.2 Å². The maximum atomic E-state index is 4.65. The van der Waals surface area contributed by atoms with Crippen LogP contribution in [0.25, 0.3) is 11.0 Å². The predicted molar refractivity (Wildman–Crippen MR) is 89.5 cm³/mol. The summed E-state index contributed by atoms with van der Waals surface area (Å²) in [5, 5.41) is 3.43. The molecule has 21 heavy (non-hydrogen) atoms. The summed E-state index contributed by atoms with van der Waals surface area (Å²) in [4.78, 5) is 8.01. The highest BCUT2D eigenvalue weighted by Gasteiger charge is 2.08. The first-order valence-corrected chi connectivity index (χ1v) is 7.26. The van der Waals surface area contributed by atoms with Gasteiger partial charge in [0.1, 0.15) is 0 Å². The normalized spacial score (nSPS) is 11.1. The topological polar surface area (TPSA) is 40.7 Å². The van der Waals surface area contributed by atoms with Crippen molar-refractivity contribution in [3.05, 3.63) is 52.1 Å². The first-order chi connectivity index (χ1) is 9.94. The highest BCUT2D eigenvalue weighted by molar-refractivity contribution is 5.80. The summed E-state index contributed by atoms with van der Waals surface area (Å²) < 4.78 is 0. The highest BCUT2D eigenvalue weighted by atomic mass is 15.1. The van der Waals surface area contributed by atoms with Crippen molar-refractivity contribution in [1.82, 2.24) is 9.97 Å². The second-order valence-electron chi connectivity index (χ2n) is 5.94. The maximum Gasteiger partial charge on any atom is 0.205 e. The molecule has 1 heterocycles. The number of aromatic amines is 1. The summed E-state index contributed by atoms with van der Waals surface area (Å²) in [6.45, 7) is 10.6. The number of imidazole rings is 1. The Morgan fingerprint density at radius 3 is 2.10 bits per heavy atom. The number of hydrogen-bond acceptors (Lipinski definition) is 2. The van der Waals surface area contributed by atoms with Crippen LogP contribution in [0, 0.1) is 34.6 Å². The van der Waals surface area contributed by atoms with Crippen molar-refractivity contribution in [2.75, 3.05) is 5.32 Å². The zero-order valence-electron chi connectivity index (χ0n) is 13.3. The molecule has 0 amide bonds. The molecule has 0 aliphatic carbocycles. The lowest BCUT2D eigenvalue weighted by atomic mass is 10.1. The Kier molecular flexibility index (Phi) is 3.20. The molecule has 0 aliphatic heterocycles. The Labute approximate surface area is 125 Å². The zero-order valence-corrected chi connectivity index (χ0v) is 13.3. The molecule has 3 heteroatoms. The average Bonchev–Trinajstić information content (AvgIpc) is 2.76. The van der Waals surface area contributed by atoms with E-state index < -0.39 is 0 Å². The van der Waals surface area contributed by atoms with Crippen molar-refractivity contribution in [3.8, 4) is 0 Å². The van der Waals surface area contributed by atoms with E-state index in [0.29, 0.717) is 0 Å². The molecule has 108 valence electrons. The van der Waals surface area contributed by atoms with Gasteiger partial charge in [0, 0.05) is 5.69 Å². The molecule has 0 aliphatic rings. The second-order valence-corrected chi connectivity index (χ2v) is 5.94. The molecule has 3 rings (SSSR count). The fraction of sp³-hybridized carbons (Fsp3) is 0.278. The average molecular weight is 279 g/mol. The molecule has 0 atom stereocenters. The van der Waals surface area contributed by atoms with Crippen LogP contribution in [0.1, 0.15) is 27.8 Å². The number of nitrogens with zero attached hydrogens (tertiary/aromatic N) is 1. The van der Waals surface area contributed by atoms with Crippen molar-refractivity contribution in [1.29, 1.82) is 0 Å². The molecule has 2 N–H and O–H groups in total. The summed E-state index contributed by atoms with van der Waals surface area (Å²) in [6, 6.07) is 8.65. The minimum Gasteiger partial charge on any atom is -0.325 e. The van der Waals surface area contributed by atoms with Gasteiger partial charge in [-0.3, -0.25) is 0 Å². The summed E-state index contributed by atoms with van der Waals surface area (Å²) in [7, 11) is 0. The Balaban J connectivity index is 2.02. The van der Waals surface area contributed by atoms with Gasteiger partial charge in [0.05, 0.1) is 11.0 Å². The van der Waals surface area contributed by atoms with Crippen LogP contribution in [0.15, 0.2) is 24.3 Å². The van der Waals surface area contributed by atoms with E-state index >= 15 is 0 Å². The van der Waals surface area contributed by atoms with Gasteiger partial charge in [-0.2, -0.15) is 0 Å². The third kappa shape index (κ3) is 2.51. The maximum absolute atomic E-state index is 4.65. The van der Waals surface area contributed by atoms with Crippen LogP contribution in [-0.4, -0.2) is 9.97 Å². The Hall–Kier alpha value is -2.29. The van der Waals surface area contributed by atoms with Gasteiger partial charge in [0.15, 0.2) is 0 Å². The number of aromatic nitrogens is 2. The van der Waals surface area contributed by atoms with Gasteiger partial charge < -0.3 is 10.3 Å². The van der Waals surface area contributed by atoms with Crippen LogP contribution in [0.3, 0.4) is 0 Å². The lowest BCUT2D eigenvalue weighted by Gasteiger charge is -2.11. The second kappa shape index (κ2) is 4.92. The molecule has 0 fully saturated rings. The van der Waals surface area contributed by atoms with Crippen LogP contribution < -0.4 is 5.32 Å². The third-order valence-electron chi connectivity index (χ3n) is 4.02. The van der Waals surface area contributed by atoms with Gasteiger partial charge in [0.2, 0.25) is 5.95 Å². The van der Waals surface area contributed by atoms with Crippen LogP contribution in [0.4, 0.5) is 11.6 Å². The van der Waals surface area contributed by atoms with E-state index in [0.717, 1.165) is 22.7 Å². The molecule has 2 aromatic carbocycles. The van der Waals surface area contributed by atoms with Gasteiger partial charge in [0.25, 0.3) is 0 Å². The van der Waals surface area contributed by atoms with E-state index in [1.807, 2.05) is 0 Å². The highest BCUT2D eigenvalue weighted by Crippen LogP contribution is 2.26. The van der Waals surface area contributed by atoms with Crippen molar-refractivity contribution in [2.45, 2.75) is 34.6 Å². The molecule has 0 bridgehead atoms. The molecule has 0 radical (unpaired) electrons. The van der Waals surface area contributed by atoms with Gasteiger partial charge in [-0.25, -0.2) is 4.98 Å². The number of aryl methyl sites for hydroxylation is 5. The fourth-order valence-electron chi connectivity index (χ4n) is 2.82. The summed E-state index contributed by atoms with van der Waals surface area (Å²) in [5.74, 6) is 0.796. The predicted octanol–water partition coefficient (Wildman–Crippen LogP) is 4.85. The van der Waals surface area contributed by atoms with Crippen molar-refractivity contribution in [3.63, 3.8) is 0 Å². The molecule has 0 spiro atoms. The molecule has 0 unspecified atom stereocenters. The molecule has 3 nitrogen and oxygen atoms in total. The van der Waals surface area contributed by atoms with Crippen molar-refractivity contribution >= 4 is 22.7 Å². The molecule has 0 saturated heterocycles. The smallest absolute Gasteiger partial charge is 0.205 e. The van der Waals surface area contributed by atoms with Crippen molar-refractivity contribution in [2.24, 2.45) is 0 Å². The summed E-state index contributed by atoms with van der Waals surface area (Å²) >= 11 is 0. The molecular weight excluding hydrogens is 258 g/mol. The largest absolute Gasteiger partial charge is 0.325 e. The summed E-state index contributed by atoms with van der Waals surface area (Å²) in [5.41, 5.74) is 9.51. The third-order valence-corrected chi connectivity index (χ3v) is 4.02. The lowest BCUT2D eigenvalue weighted by Crippen LogP contribution is -1.98. The van der Waals surface area contributed by atoms with Crippen LogP contribution >= 0.6 is 0 Å². The van der Waals surface area contributed by atoms with Crippen LogP contribution in [0.5, 0.6) is 0 Å². The minimum absolute atomic E-state index is 0.796. The zero-order chi connectivity index (χ0) is 15.1. The van der Waals surface area contributed by atoms with Gasteiger partial charge in [-0.15, -0.1) is 0 Å². The lowest BCUT2D eigenvalue weighted by molar-refractivity contribution is 1.26. The van der Waals surface area contributed by atoms with E-state index in [9.17, 15) is 0 Å². The van der Waals surface area contributed by atoms with Gasteiger partial charge in [-0.1, -0.05) is 17.7 Å². The van der Waals surface area contributed by atoms with E-state index in [1.54, 1.807) is 0 Å². The van der Waals surface area contributed by atoms with Crippen molar-refractivity contribution < 1.29 is 0 Å². The van der Waals surface area contributed by atoms with Gasteiger partial charge >= 0.3 is 0 Å². The van der Waals surface area contributed by atoms with Crippen LogP contribution in [-0.2, 0) is 0 Å². The van der Waals surface area contributed by atoms with E-state index in [1.165, 1.54) is 27.8 Å². The number of rotatable bonds is 2. The molecule has 0 saturated carbocycles. The fourth-order valence-corrected chi connectivity index (χ4v) is 2.82. The Morgan fingerprint density at radius 2 is 1.43 bits per heavy atom. The van der Waals surface area contributed by atoms with E-state index in [4.69, 9.17) is 0 Å². The number of benzene rings is 2. The number of hydrogen-bond donors (Lipinski definition) is 2. The quantitative estimate of drug-likeness (QED) is 0.704. The number of fused-ring (bicyclic) bond motifs is 1. The SMILES string of the molecule is Cc1cc(C)c(Nc2nc3cc(C)c(C)cc3[nH]2)c(C)c1. The first kappa shape index (κ1) is 13.7. The molecule has 1 aromatic heterocycles. The number of nitrogens with one attached hydrogen (secondary N) is 2. The molecular formula is C18H21N3. The first-order valence-electron chi connectivity index (χ1n) is 7.26. The summed E-state index contributed by atoms with van der Waals surface area (Å²) in [6.07, 6.45) is 0. The Morgan fingerprint density at radius 1 is 0.810 bits per heavy atom. The Bertz CT molecular complexity index is 766. The number of H-pyrrole nitrogens is 1. The monoisotopic (exact) mass is 279 g/mol. The number of anilines is 2. The standard InChI is InChI=1S/C18H21N3/c1-10-6-13(4)17(14(5)7-10)21-18-19-15-8-11(2)12(3)9-16(15)20-18/h6-9H,1-5H3,(H2,19,20,21). The van der Waals surface area contributed by atoms with E-state index in [-0.39, 0.29) is 0 Å². The van der Waals surface area contributed by atoms with Gasteiger partial charge in [-0.05, 0) is 69.0 Å².